The van der Waals surface area contributed by atoms with Crippen LogP contribution in [-0.4, -0.2) is 47.2 Å². The molecule has 0 saturated heterocycles. The molecule has 1 unspecified atom stereocenters. The second kappa shape index (κ2) is 20.4. The fourth-order valence-electron chi connectivity index (χ4n) is 2.75. The van der Waals surface area contributed by atoms with Gasteiger partial charge in [-0.1, -0.05) is 57.1 Å². The summed E-state index contributed by atoms with van der Waals surface area (Å²) in [5.74, 6) is -0.683. The van der Waals surface area contributed by atoms with Gasteiger partial charge in [0.25, 0.3) is 0 Å². The van der Waals surface area contributed by atoms with Gasteiger partial charge in [-0.3, -0.25) is 4.79 Å². The van der Waals surface area contributed by atoms with Crippen LogP contribution in [0.5, 0.6) is 0 Å². The third-order valence-corrected chi connectivity index (χ3v) is 4.36. The Balaban J connectivity index is 3.11. The number of hydrogen-bond donors (Lipinski definition) is 3. The summed E-state index contributed by atoms with van der Waals surface area (Å²) in [7, 11) is 0. The number of carboxylic acid groups (broad SMARTS) is 1. The molecule has 0 aliphatic carbocycles. The van der Waals surface area contributed by atoms with Gasteiger partial charge in [-0.15, -0.1) is 0 Å². The second-order valence-corrected chi connectivity index (χ2v) is 6.99. The molecule has 26 heavy (non-hydrogen) atoms. The molecule has 0 aromatic rings. The number of aliphatic carboxylic acids is 1. The number of rotatable bonds is 20. The normalized spacial score (nSPS) is 12.7. The molecule has 0 aliphatic heterocycles. The van der Waals surface area contributed by atoms with Gasteiger partial charge < -0.3 is 20.1 Å². The lowest BCUT2D eigenvalue weighted by atomic mass is 10.1. The van der Waals surface area contributed by atoms with E-state index in [9.17, 15) is 4.79 Å². The number of carboxylic acids is 1. The van der Waals surface area contributed by atoms with Crippen molar-refractivity contribution in [2.45, 2.75) is 96.0 Å². The lowest BCUT2D eigenvalue weighted by molar-refractivity contribution is -0.137. The highest BCUT2D eigenvalue weighted by Gasteiger charge is 2.00. The lowest BCUT2D eigenvalue weighted by Gasteiger charge is -2.07. The largest absolute Gasteiger partial charge is 0.481 e. The SMILES string of the molecule is O=C(O)CCCCCCCC=CCCCCCCCCOCC(O)CO. The first-order valence-corrected chi connectivity index (χ1v) is 10.4. The molecule has 5 heteroatoms. The van der Waals surface area contributed by atoms with E-state index < -0.39 is 12.1 Å². The first-order chi connectivity index (χ1) is 12.7. The fraction of sp³-hybridized carbons (Fsp3) is 0.857. The number of allylic oxidation sites excluding steroid dienone is 2. The van der Waals surface area contributed by atoms with Crippen LogP contribution < -0.4 is 0 Å². The van der Waals surface area contributed by atoms with Crippen molar-refractivity contribution in [3.05, 3.63) is 12.2 Å². The van der Waals surface area contributed by atoms with Gasteiger partial charge in [-0.2, -0.15) is 0 Å². The highest BCUT2D eigenvalue weighted by molar-refractivity contribution is 5.66. The van der Waals surface area contributed by atoms with Crippen molar-refractivity contribution in [1.82, 2.24) is 0 Å². The summed E-state index contributed by atoms with van der Waals surface area (Å²) in [5.41, 5.74) is 0. The molecule has 3 N–H and O–H groups in total. The molecule has 0 fully saturated rings. The molecular weight excluding hydrogens is 332 g/mol. The third-order valence-electron chi connectivity index (χ3n) is 4.36. The molecule has 0 saturated carbocycles. The zero-order valence-electron chi connectivity index (χ0n) is 16.4. The van der Waals surface area contributed by atoms with Crippen LogP contribution in [0.1, 0.15) is 89.9 Å². The summed E-state index contributed by atoms with van der Waals surface area (Å²) < 4.78 is 5.27. The Morgan fingerprint density at radius 1 is 0.808 bits per heavy atom. The summed E-state index contributed by atoms with van der Waals surface area (Å²) >= 11 is 0. The molecule has 1 atom stereocenters. The Bertz CT molecular complexity index is 330. The summed E-state index contributed by atoms with van der Waals surface area (Å²) in [6.45, 7) is 0.663. The molecule has 0 aliphatic rings. The minimum atomic E-state index is -0.744. The molecule has 0 heterocycles. The van der Waals surface area contributed by atoms with Crippen LogP contribution in [0, 0.1) is 0 Å². The van der Waals surface area contributed by atoms with Crippen molar-refractivity contribution in [1.29, 1.82) is 0 Å². The summed E-state index contributed by atoms with van der Waals surface area (Å²) in [5, 5.41) is 26.3. The van der Waals surface area contributed by atoms with E-state index >= 15 is 0 Å². The number of ether oxygens (including phenoxy) is 1. The van der Waals surface area contributed by atoms with Crippen LogP contribution in [0.3, 0.4) is 0 Å². The van der Waals surface area contributed by atoms with Gasteiger partial charge in [-0.05, 0) is 38.5 Å². The summed E-state index contributed by atoms with van der Waals surface area (Å²) in [6.07, 6.45) is 19.1. The first kappa shape index (κ1) is 25.1. The number of aliphatic hydroxyl groups is 2. The Morgan fingerprint density at radius 2 is 1.31 bits per heavy atom. The van der Waals surface area contributed by atoms with Gasteiger partial charge in [-0.25, -0.2) is 0 Å². The molecule has 0 aromatic carbocycles. The predicted molar refractivity (Wildman–Crippen MR) is 105 cm³/mol. The quantitative estimate of drug-likeness (QED) is 0.217. The van der Waals surface area contributed by atoms with E-state index in [0.29, 0.717) is 13.0 Å². The van der Waals surface area contributed by atoms with Crippen molar-refractivity contribution in [3.8, 4) is 0 Å². The van der Waals surface area contributed by atoms with Crippen molar-refractivity contribution < 1.29 is 24.9 Å². The topological polar surface area (TPSA) is 87.0 Å². The molecule has 0 aromatic heterocycles. The zero-order chi connectivity index (χ0) is 19.3. The average molecular weight is 373 g/mol. The Hall–Kier alpha value is -0.910. The van der Waals surface area contributed by atoms with Crippen molar-refractivity contribution in [3.63, 3.8) is 0 Å². The van der Waals surface area contributed by atoms with Crippen molar-refractivity contribution in [2.75, 3.05) is 19.8 Å². The summed E-state index contributed by atoms with van der Waals surface area (Å²) in [4.78, 5) is 10.4. The van der Waals surface area contributed by atoms with Crippen molar-refractivity contribution in [2.24, 2.45) is 0 Å². The molecule has 0 radical (unpaired) electrons. The van der Waals surface area contributed by atoms with E-state index in [1.165, 1.54) is 44.9 Å². The van der Waals surface area contributed by atoms with Crippen LogP contribution in [0.15, 0.2) is 12.2 Å². The third kappa shape index (κ3) is 21.1. The van der Waals surface area contributed by atoms with E-state index in [4.69, 9.17) is 20.1 Å². The average Bonchev–Trinajstić information content (AvgIpc) is 2.63. The van der Waals surface area contributed by atoms with Crippen LogP contribution in [-0.2, 0) is 9.53 Å². The molecule has 154 valence electrons. The number of hydrogen-bond acceptors (Lipinski definition) is 4. The zero-order valence-corrected chi connectivity index (χ0v) is 16.4. The number of aliphatic hydroxyl groups excluding tert-OH is 2. The van der Waals surface area contributed by atoms with Crippen LogP contribution in [0.2, 0.25) is 0 Å². The number of carbonyl (C=O) groups is 1. The van der Waals surface area contributed by atoms with E-state index in [1.54, 1.807) is 0 Å². The monoisotopic (exact) mass is 372 g/mol. The highest BCUT2D eigenvalue weighted by atomic mass is 16.5. The standard InChI is InChI=1S/C21H40O5/c22-18-20(23)19-26-17-15-13-11-9-7-5-3-1-2-4-6-8-10-12-14-16-21(24)25/h1-2,20,22-23H,3-19H2,(H,24,25). The van der Waals surface area contributed by atoms with E-state index in [0.717, 1.165) is 38.5 Å². The smallest absolute Gasteiger partial charge is 0.303 e. The highest BCUT2D eigenvalue weighted by Crippen LogP contribution is 2.10. The van der Waals surface area contributed by atoms with Gasteiger partial charge in [0.15, 0.2) is 0 Å². The maximum absolute atomic E-state index is 10.4. The van der Waals surface area contributed by atoms with Gasteiger partial charge in [0.2, 0.25) is 0 Å². The van der Waals surface area contributed by atoms with E-state index in [-0.39, 0.29) is 13.2 Å². The molecular formula is C21H40O5. The molecule has 5 nitrogen and oxygen atoms in total. The minimum Gasteiger partial charge on any atom is -0.481 e. The summed E-state index contributed by atoms with van der Waals surface area (Å²) in [6, 6.07) is 0. The minimum absolute atomic E-state index is 0.230. The maximum Gasteiger partial charge on any atom is 0.303 e. The van der Waals surface area contributed by atoms with Crippen LogP contribution in [0.4, 0.5) is 0 Å². The Morgan fingerprint density at radius 3 is 1.85 bits per heavy atom. The van der Waals surface area contributed by atoms with E-state index in [2.05, 4.69) is 12.2 Å². The first-order valence-electron chi connectivity index (χ1n) is 10.4. The molecule has 0 rings (SSSR count). The van der Waals surface area contributed by atoms with Gasteiger partial charge in [0.05, 0.1) is 13.2 Å². The van der Waals surface area contributed by atoms with Gasteiger partial charge in [0, 0.05) is 13.0 Å². The molecule has 0 spiro atoms. The lowest BCUT2D eigenvalue weighted by Crippen LogP contribution is -2.19. The molecule has 0 amide bonds. The van der Waals surface area contributed by atoms with Crippen molar-refractivity contribution >= 4 is 5.97 Å². The second-order valence-electron chi connectivity index (χ2n) is 6.99. The number of unbranched alkanes of at least 4 members (excludes halogenated alkanes) is 11. The maximum atomic E-state index is 10.4. The fourth-order valence-corrected chi connectivity index (χ4v) is 2.75. The van der Waals surface area contributed by atoms with E-state index in [1.807, 2.05) is 0 Å². The van der Waals surface area contributed by atoms with Gasteiger partial charge >= 0.3 is 5.97 Å². The molecule has 0 bridgehead atoms. The Kier molecular flexibility index (Phi) is 19.7. The van der Waals surface area contributed by atoms with Crippen LogP contribution in [0.25, 0.3) is 0 Å². The van der Waals surface area contributed by atoms with Crippen LogP contribution >= 0.6 is 0 Å². The Labute approximate surface area is 159 Å². The predicted octanol–water partition coefficient (Wildman–Crippen LogP) is 4.46. The van der Waals surface area contributed by atoms with Gasteiger partial charge in [0.1, 0.15) is 6.10 Å².